The van der Waals surface area contributed by atoms with Gasteiger partial charge in [-0.15, -0.1) is 0 Å². The highest BCUT2D eigenvalue weighted by Gasteiger charge is 2.51. The van der Waals surface area contributed by atoms with Crippen LogP contribution in [-0.2, 0) is 20.8 Å². The van der Waals surface area contributed by atoms with Crippen LogP contribution < -0.4 is 5.32 Å². The summed E-state index contributed by atoms with van der Waals surface area (Å²) in [5.41, 5.74) is 0.315. The molecule has 2 amide bonds. The number of aliphatic carboxylic acids is 1. The number of carboxylic acids is 1. The van der Waals surface area contributed by atoms with Crippen LogP contribution >= 0.6 is 11.6 Å². The van der Waals surface area contributed by atoms with Crippen molar-refractivity contribution in [3.8, 4) is 0 Å². The number of likely N-dealkylation sites (tertiary alicyclic amines) is 1. The van der Waals surface area contributed by atoms with Gasteiger partial charge in [-0.05, 0) is 37.0 Å². The number of nitrogens with zero attached hydrogens (tertiary/aromatic N) is 1. The summed E-state index contributed by atoms with van der Waals surface area (Å²) in [6, 6.07) is 7.45. The van der Waals surface area contributed by atoms with Gasteiger partial charge >= 0.3 is 5.97 Å². The van der Waals surface area contributed by atoms with Crippen molar-refractivity contribution >= 4 is 29.4 Å². The molecule has 0 saturated carbocycles. The van der Waals surface area contributed by atoms with E-state index in [1.54, 1.807) is 11.0 Å². The Hall–Kier alpha value is -2.08. The molecule has 6 nitrogen and oxygen atoms in total. The maximum Gasteiger partial charge on any atom is 0.309 e. The van der Waals surface area contributed by atoms with Crippen molar-refractivity contribution in [1.29, 1.82) is 0 Å². The predicted octanol–water partition coefficient (Wildman–Crippen LogP) is 1.85. The number of aryl methyl sites for hydroxylation is 1. The molecular formula is C18H21ClN2O4. The van der Waals surface area contributed by atoms with Crippen LogP contribution in [0.25, 0.3) is 0 Å². The number of piperidine rings is 1. The lowest BCUT2D eigenvalue weighted by Gasteiger charge is -2.41. The Bertz CT molecular complexity index is 698. The predicted molar refractivity (Wildman–Crippen MR) is 92.2 cm³/mol. The van der Waals surface area contributed by atoms with Crippen LogP contribution in [-0.4, -0.2) is 46.4 Å². The quantitative estimate of drug-likeness (QED) is 0.853. The van der Waals surface area contributed by atoms with Crippen LogP contribution in [0.1, 0.15) is 31.2 Å². The third-order valence-corrected chi connectivity index (χ3v) is 5.50. The first-order valence-electron chi connectivity index (χ1n) is 8.46. The third-order valence-electron chi connectivity index (χ3n) is 5.27. The fourth-order valence-electron chi connectivity index (χ4n) is 3.85. The highest BCUT2D eigenvalue weighted by atomic mass is 35.5. The van der Waals surface area contributed by atoms with Gasteiger partial charge in [0.2, 0.25) is 11.8 Å². The number of hydrogen-bond donors (Lipinski definition) is 2. The molecule has 1 spiro atoms. The number of carbonyl (C=O) groups is 3. The van der Waals surface area contributed by atoms with E-state index in [9.17, 15) is 19.5 Å². The smallest absolute Gasteiger partial charge is 0.309 e. The van der Waals surface area contributed by atoms with E-state index in [0.717, 1.165) is 5.56 Å². The molecular weight excluding hydrogens is 344 g/mol. The van der Waals surface area contributed by atoms with Gasteiger partial charge in [-0.3, -0.25) is 14.4 Å². The Kier molecular flexibility index (Phi) is 4.99. The lowest BCUT2D eigenvalue weighted by atomic mass is 9.77. The van der Waals surface area contributed by atoms with Crippen LogP contribution in [0.5, 0.6) is 0 Å². The SMILES string of the molecule is O=C1C[C@H](C(=O)O)C2(CCN(C(=O)CCc3cccc(Cl)c3)CC2)N1. The summed E-state index contributed by atoms with van der Waals surface area (Å²) in [7, 11) is 0. The minimum Gasteiger partial charge on any atom is -0.481 e. The summed E-state index contributed by atoms with van der Waals surface area (Å²) in [6.07, 6.45) is 2.01. The number of carbonyl (C=O) groups excluding carboxylic acids is 2. The summed E-state index contributed by atoms with van der Waals surface area (Å²) in [4.78, 5) is 37.3. The van der Waals surface area contributed by atoms with Gasteiger partial charge in [-0.25, -0.2) is 0 Å². The molecule has 0 aliphatic carbocycles. The largest absolute Gasteiger partial charge is 0.481 e. The molecule has 2 aliphatic rings. The number of benzene rings is 1. The molecule has 1 aromatic carbocycles. The molecule has 3 rings (SSSR count). The minimum atomic E-state index is -0.945. The maximum absolute atomic E-state index is 12.4. The molecule has 7 heteroatoms. The fourth-order valence-corrected chi connectivity index (χ4v) is 4.06. The topological polar surface area (TPSA) is 86.7 Å². The number of nitrogens with one attached hydrogen (secondary N) is 1. The van der Waals surface area contributed by atoms with E-state index in [1.807, 2.05) is 18.2 Å². The molecule has 25 heavy (non-hydrogen) atoms. The van der Waals surface area contributed by atoms with Gasteiger partial charge in [0.25, 0.3) is 0 Å². The van der Waals surface area contributed by atoms with Gasteiger partial charge in [-0.2, -0.15) is 0 Å². The highest BCUT2D eigenvalue weighted by Crippen LogP contribution is 2.37. The Morgan fingerprint density at radius 2 is 2.04 bits per heavy atom. The zero-order valence-electron chi connectivity index (χ0n) is 13.8. The summed E-state index contributed by atoms with van der Waals surface area (Å²) in [5.74, 6) is -1.82. The molecule has 134 valence electrons. The van der Waals surface area contributed by atoms with Crippen molar-refractivity contribution in [3.63, 3.8) is 0 Å². The monoisotopic (exact) mass is 364 g/mol. The summed E-state index contributed by atoms with van der Waals surface area (Å²) < 4.78 is 0. The fraction of sp³-hybridized carbons (Fsp3) is 0.500. The van der Waals surface area contributed by atoms with E-state index < -0.39 is 17.4 Å². The number of rotatable bonds is 4. The van der Waals surface area contributed by atoms with Crippen molar-refractivity contribution in [1.82, 2.24) is 10.2 Å². The van der Waals surface area contributed by atoms with Crippen molar-refractivity contribution in [2.75, 3.05) is 13.1 Å². The molecule has 1 aromatic rings. The van der Waals surface area contributed by atoms with Crippen molar-refractivity contribution in [2.24, 2.45) is 5.92 Å². The lowest BCUT2D eigenvalue weighted by molar-refractivity contribution is -0.145. The van der Waals surface area contributed by atoms with Crippen LogP contribution in [0.4, 0.5) is 0 Å². The standard InChI is InChI=1S/C18H21ClN2O4/c19-13-3-1-2-12(10-13)4-5-16(23)21-8-6-18(7-9-21)14(17(24)25)11-15(22)20-18/h1-3,10,14H,4-9,11H2,(H,20,22)(H,24,25)/t14-/m1/s1. The molecule has 0 bridgehead atoms. The normalized spacial score (nSPS) is 22.0. The molecule has 1 atom stereocenters. The van der Waals surface area contributed by atoms with E-state index in [-0.39, 0.29) is 18.2 Å². The Morgan fingerprint density at radius 1 is 1.32 bits per heavy atom. The third kappa shape index (κ3) is 3.79. The molecule has 2 aliphatic heterocycles. The van der Waals surface area contributed by atoms with Gasteiger partial charge in [0.05, 0.1) is 11.5 Å². The summed E-state index contributed by atoms with van der Waals surface area (Å²) >= 11 is 5.95. The van der Waals surface area contributed by atoms with Crippen molar-refractivity contribution < 1.29 is 19.5 Å². The Labute approximate surface area is 151 Å². The summed E-state index contributed by atoms with van der Waals surface area (Å²) in [5, 5.41) is 12.9. The Morgan fingerprint density at radius 3 is 2.68 bits per heavy atom. The van der Waals surface area contributed by atoms with E-state index in [0.29, 0.717) is 43.8 Å². The van der Waals surface area contributed by atoms with Gasteiger partial charge in [-0.1, -0.05) is 23.7 Å². The number of carboxylic acid groups (broad SMARTS) is 1. The molecule has 2 fully saturated rings. The van der Waals surface area contributed by atoms with Crippen molar-refractivity contribution in [3.05, 3.63) is 34.9 Å². The van der Waals surface area contributed by atoms with Crippen LogP contribution in [0.15, 0.2) is 24.3 Å². The second-order valence-electron chi connectivity index (χ2n) is 6.81. The Balaban J connectivity index is 1.56. The van der Waals surface area contributed by atoms with Crippen LogP contribution in [0, 0.1) is 5.92 Å². The summed E-state index contributed by atoms with van der Waals surface area (Å²) in [6.45, 7) is 0.941. The second kappa shape index (κ2) is 7.04. The van der Waals surface area contributed by atoms with Gasteiger partial charge in [0, 0.05) is 31.0 Å². The van der Waals surface area contributed by atoms with Gasteiger partial charge in [0.15, 0.2) is 0 Å². The molecule has 2 saturated heterocycles. The maximum atomic E-state index is 12.4. The van der Waals surface area contributed by atoms with E-state index in [4.69, 9.17) is 11.6 Å². The number of amides is 2. The van der Waals surface area contributed by atoms with Crippen molar-refractivity contribution in [2.45, 2.75) is 37.6 Å². The zero-order chi connectivity index (χ0) is 18.0. The zero-order valence-corrected chi connectivity index (χ0v) is 14.6. The van der Waals surface area contributed by atoms with Gasteiger partial charge in [0.1, 0.15) is 0 Å². The molecule has 0 unspecified atom stereocenters. The molecule has 2 N–H and O–H groups in total. The van der Waals surface area contributed by atoms with E-state index in [1.165, 1.54) is 0 Å². The number of hydrogen-bond acceptors (Lipinski definition) is 3. The average Bonchev–Trinajstić information content (AvgIpc) is 2.89. The second-order valence-corrected chi connectivity index (χ2v) is 7.25. The minimum absolute atomic E-state index is 0.0258. The highest BCUT2D eigenvalue weighted by molar-refractivity contribution is 6.30. The lowest BCUT2D eigenvalue weighted by Crippen LogP contribution is -2.56. The first-order chi connectivity index (χ1) is 11.9. The molecule has 2 heterocycles. The number of halogens is 1. The first kappa shape index (κ1) is 17.7. The van der Waals surface area contributed by atoms with Gasteiger partial charge < -0.3 is 15.3 Å². The molecule has 0 radical (unpaired) electrons. The van der Waals surface area contributed by atoms with E-state index in [2.05, 4.69) is 5.32 Å². The average molecular weight is 365 g/mol. The van der Waals surface area contributed by atoms with Crippen LogP contribution in [0.3, 0.4) is 0 Å². The first-order valence-corrected chi connectivity index (χ1v) is 8.83. The van der Waals surface area contributed by atoms with E-state index >= 15 is 0 Å². The molecule has 0 aromatic heterocycles. The van der Waals surface area contributed by atoms with Crippen LogP contribution in [0.2, 0.25) is 5.02 Å².